The lowest BCUT2D eigenvalue weighted by Gasteiger charge is -2.25. The molecule has 1 aliphatic heterocycles. The van der Waals surface area contributed by atoms with Crippen molar-refractivity contribution in [2.75, 3.05) is 20.8 Å². The molecule has 1 aliphatic rings. The van der Waals surface area contributed by atoms with E-state index in [4.69, 9.17) is 9.47 Å². The van der Waals surface area contributed by atoms with Gasteiger partial charge in [0.15, 0.2) is 11.5 Å². The molecule has 0 spiro atoms. The number of aromatic nitrogens is 2. The minimum Gasteiger partial charge on any atom is -0.493 e. The second-order valence-corrected chi connectivity index (χ2v) is 5.69. The highest BCUT2D eigenvalue weighted by atomic mass is 16.5. The first-order valence-electron chi connectivity index (χ1n) is 7.65. The van der Waals surface area contributed by atoms with Gasteiger partial charge in [-0.1, -0.05) is 6.07 Å². The van der Waals surface area contributed by atoms with E-state index in [0.717, 1.165) is 24.6 Å². The molecule has 1 aromatic carbocycles. The summed E-state index contributed by atoms with van der Waals surface area (Å²) in [5.74, 6) is 1.58. The summed E-state index contributed by atoms with van der Waals surface area (Å²) in [7, 11) is 5.35. The number of hydrogen-bond acceptors (Lipinski definition) is 4. The van der Waals surface area contributed by atoms with Crippen LogP contribution in [0.1, 0.15) is 30.1 Å². The van der Waals surface area contributed by atoms with Crippen molar-refractivity contribution in [1.82, 2.24) is 14.7 Å². The van der Waals surface area contributed by atoms with Gasteiger partial charge >= 0.3 is 0 Å². The van der Waals surface area contributed by atoms with E-state index in [1.807, 2.05) is 24.0 Å². The van der Waals surface area contributed by atoms with E-state index >= 15 is 0 Å². The summed E-state index contributed by atoms with van der Waals surface area (Å²) < 4.78 is 12.7. The Morgan fingerprint density at radius 1 is 1.18 bits per heavy atom. The lowest BCUT2D eigenvalue weighted by atomic mass is 10.0. The number of likely N-dealkylation sites (tertiary alicyclic amines) is 1. The smallest absolute Gasteiger partial charge is 0.161 e. The molecule has 22 heavy (non-hydrogen) atoms. The molecule has 1 fully saturated rings. The summed E-state index contributed by atoms with van der Waals surface area (Å²) in [6, 6.07) is 8.76. The van der Waals surface area contributed by atoms with Crippen molar-refractivity contribution in [3.63, 3.8) is 0 Å². The molecule has 1 saturated heterocycles. The van der Waals surface area contributed by atoms with Crippen LogP contribution < -0.4 is 9.47 Å². The van der Waals surface area contributed by atoms with E-state index in [2.05, 4.69) is 28.2 Å². The van der Waals surface area contributed by atoms with Crippen molar-refractivity contribution in [3.05, 3.63) is 41.7 Å². The Kier molecular flexibility index (Phi) is 4.34. The predicted molar refractivity (Wildman–Crippen MR) is 85.1 cm³/mol. The molecule has 0 bridgehead atoms. The van der Waals surface area contributed by atoms with E-state index in [1.54, 1.807) is 14.2 Å². The van der Waals surface area contributed by atoms with Gasteiger partial charge in [0.1, 0.15) is 0 Å². The molecule has 0 aliphatic carbocycles. The zero-order valence-electron chi connectivity index (χ0n) is 13.5. The highest BCUT2D eigenvalue weighted by Gasteiger charge is 2.27. The third-order valence-corrected chi connectivity index (χ3v) is 4.44. The van der Waals surface area contributed by atoms with Crippen LogP contribution in [-0.2, 0) is 13.6 Å². The topological polar surface area (TPSA) is 39.5 Å². The Labute approximate surface area is 131 Å². The number of methoxy groups -OCH3 is 2. The Hall–Kier alpha value is -2.01. The van der Waals surface area contributed by atoms with E-state index in [-0.39, 0.29) is 0 Å². The second kappa shape index (κ2) is 6.40. The monoisotopic (exact) mass is 301 g/mol. The molecule has 1 atom stereocenters. The fourth-order valence-corrected chi connectivity index (χ4v) is 3.22. The first-order chi connectivity index (χ1) is 10.7. The molecular weight excluding hydrogens is 278 g/mol. The van der Waals surface area contributed by atoms with Crippen LogP contribution in [0.3, 0.4) is 0 Å². The van der Waals surface area contributed by atoms with Gasteiger partial charge in [0.25, 0.3) is 0 Å². The molecule has 0 saturated carbocycles. The lowest BCUT2D eigenvalue weighted by molar-refractivity contribution is 0.241. The summed E-state index contributed by atoms with van der Waals surface area (Å²) >= 11 is 0. The molecule has 2 aromatic rings. The van der Waals surface area contributed by atoms with Crippen molar-refractivity contribution in [2.45, 2.75) is 25.4 Å². The summed E-state index contributed by atoms with van der Waals surface area (Å²) in [6.45, 7) is 2.04. The summed E-state index contributed by atoms with van der Waals surface area (Å²) in [5, 5.41) is 4.26. The van der Waals surface area contributed by atoms with Gasteiger partial charge in [-0.15, -0.1) is 0 Å². The Morgan fingerprint density at radius 2 is 2.00 bits per heavy atom. The molecule has 0 N–H and O–H groups in total. The van der Waals surface area contributed by atoms with Gasteiger partial charge in [-0.2, -0.15) is 5.10 Å². The van der Waals surface area contributed by atoms with Gasteiger partial charge in [-0.05, 0) is 43.1 Å². The number of hydrogen-bond donors (Lipinski definition) is 0. The molecule has 3 rings (SSSR count). The highest BCUT2D eigenvalue weighted by Crippen LogP contribution is 2.37. The minimum atomic E-state index is 0.426. The standard InChI is InChI=1S/C17H23N3O2/c1-19-14(8-9-18-19)12-20-10-4-5-15(20)13-6-7-16(21-2)17(11-13)22-3/h6-9,11,15H,4-5,10,12H2,1-3H3/t15-/m0/s1. The third kappa shape index (κ3) is 2.81. The molecule has 0 unspecified atom stereocenters. The number of rotatable bonds is 5. The van der Waals surface area contributed by atoms with Crippen LogP contribution in [0.4, 0.5) is 0 Å². The molecule has 2 heterocycles. The molecule has 118 valence electrons. The van der Waals surface area contributed by atoms with Crippen molar-refractivity contribution >= 4 is 0 Å². The summed E-state index contributed by atoms with van der Waals surface area (Å²) in [5.41, 5.74) is 2.53. The van der Waals surface area contributed by atoms with Crippen molar-refractivity contribution < 1.29 is 9.47 Å². The van der Waals surface area contributed by atoms with E-state index < -0.39 is 0 Å². The quantitative estimate of drug-likeness (QED) is 0.851. The maximum absolute atomic E-state index is 5.44. The first kappa shape index (κ1) is 14.9. The normalized spacial score (nSPS) is 18.6. The van der Waals surface area contributed by atoms with Gasteiger partial charge in [0.2, 0.25) is 0 Å². The summed E-state index contributed by atoms with van der Waals surface area (Å²) in [6.07, 6.45) is 4.25. The molecule has 5 nitrogen and oxygen atoms in total. The third-order valence-electron chi connectivity index (χ3n) is 4.44. The zero-order valence-corrected chi connectivity index (χ0v) is 13.5. The number of aryl methyl sites for hydroxylation is 1. The molecule has 0 radical (unpaired) electrons. The molecule has 5 heteroatoms. The second-order valence-electron chi connectivity index (χ2n) is 5.69. The fraction of sp³-hybridized carbons (Fsp3) is 0.471. The van der Waals surface area contributed by atoms with Crippen LogP contribution in [0, 0.1) is 0 Å². The van der Waals surface area contributed by atoms with Crippen molar-refractivity contribution in [3.8, 4) is 11.5 Å². The van der Waals surface area contributed by atoms with Crippen LogP contribution in [-0.4, -0.2) is 35.4 Å². The lowest BCUT2D eigenvalue weighted by Crippen LogP contribution is -2.24. The van der Waals surface area contributed by atoms with E-state index in [9.17, 15) is 0 Å². The van der Waals surface area contributed by atoms with Gasteiger partial charge in [0, 0.05) is 25.8 Å². The number of benzene rings is 1. The van der Waals surface area contributed by atoms with Crippen molar-refractivity contribution in [2.24, 2.45) is 7.05 Å². The molecule has 0 amide bonds. The zero-order chi connectivity index (χ0) is 15.5. The largest absolute Gasteiger partial charge is 0.493 e. The molecule has 1 aromatic heterocycles. The van der Waals surface area contributed by atoms with Crippen LogP contribution in [0.25, 0.3) is 0 Å². The predicted octanol–water partition coefficient (Wildman–Crippen LogP) is 2.77. The molecular formula is C17H23N3O2. The number of ether oxygens (including phenoxy) is 2. The maximum atomic E-state index is 5.44. The Balaban J connectivity index is 1.82. The van der Waals surface area contributed by atoms with E-state index in [1.165, 1.54) is 24.1 Å². The van der Waals surface area contributed by atoms with Crippen LogP contribution in [0.2, 0.25) is 0 Å². The van der Waals surface area contributed by atoms with Gasteiger partial charge in [-0.25, -0.2) is 0 Å². The van der Waals surface area contributed by atoms with Crippen molar-refractivity contribution in [1.29, 1.82) is 0 Å². The van der Waals surface area contributed by atoms with Gasteiger partial charge in [-0.3, -0.25) is 9.58 Å². The van der Waals surface area contributed by atoms with Gasteiger partial charge in [0.05, 0.1) is 19.9 Å². The minimum absolute atomic E-state index is 0.426. The van der Waals surface area contributed by atoms with Crippen LogP contribution >= 0.6 is 0 Å². The SMILES string of the molecule is COc1ccc([C@@H]2CCCN2Cc2ccnn2C)cc1OC. The highest BCUT2D eigenvalue weighted by molar-refractivity contribution is 5.44. The fourth-order valence-electron chi connectivity index (χ4n) is 3.22. The average Bonchev–Trinajstić information content (AvgIpc) is 3.16. The average molecular weight is 301 g/mol. The first-order valence-corrected chi connectivity index (χ1v) is 7.65. The maximum Gasteiger partial charge on any atom is 0.161 e. The number of nitrogens with zero attached hydrogens (tertiary/aromatic N) is 3. The van der Waals surface area contributed by atoms with E-state index in [0.29, 0.717) is 6.04 Å². The van der Waals surface area contributed by atoms with Crippen LogP contribution in [0.5, 0.6) is 11.5 Å². The van der Waals surface area contributed by atoms with Gasteiger partial charge < -0.3 is 9.47 Å². The van der Waals surface area contributed by atoms with Crippen LogP contribution in [0.15, 0.2) is 30.5 Å². The Bertz CT molecular complexity index is 639. The summed E-state index contributed by atoms with van der Waals surface area (Å²) in [4.78, 5) is 2.51. The Morgan fingerprint density at radius 3 is 2.68 bits per heavy atom.